The highest BCUT2D eigenvalue weighted by molar-refractivity contribution is 5.72. The SMILES string of the molecule is N#CCCC1CCC(C2CCC(C(=O)OC3CCC(CF)CC3)CC2)CC1. The molecule has 0 aliphatic heterocycles. The summed E-state index contributed by atoms with van der Waals surface area (Å²) < 4.78 is 18.5. The Balaban J connectivity index is 1.34. The van der Waals surface area contributed by atoms with Gasteiger partial charge in [0, 0.05) is 6.42 Å². The molecule has 3 aliphatic carbocycles. The Morgan fingerprint density at radius 3 is 1.96 bits per heavy atom. The van der Waals surface area contributed by atoms with Crippen LogP contribution in [0.2, 0.25) is 0 Å². The monoisotopic (exact) mass is 377 g/mol. The van der Waals surface area contributed by atoms with E-state index in [1.807, 2.05) is 0 Å². The second-order valence-electron chi connectivity index (χ2n) is 9.32. The number of nitriles is 1. The largest absolute Gasteiger partial charge is 0.462 e. The van der Waals surface area contributed by atoms with Crippen molar-refractivity contribution in [2.45, 2.75) is 96.0 Å². The first kappa shape index (κ1) is 20.6. The van der Waals surface area contributed by atoms with E-state index < -0.39 is 0 Å². The quantitative estimate of drug-likeness (QED) is 0.535. The summed E-state index contributed by atoms with van der Waals surface area (Å²) in [6.45, 7) is -0.231. The molecule has 0 unspecified atom stereocenters. The molecule has 0 saturated heterocycles. The van der Waals surface area contributed by atoms with E-state index in [-0.39, 0.29) is 30.6 Å². The van der Waals surface area contributed by atoms with Gasteiger partial charge in [-0.15, -0.1) is 0 Å². The van der Waals surface area contributed by atoms with Crippen molar-refractivity contribution in [1.29, 1.82) is 5.26 Å². The molecule has 152 valence electrons. The standard InChI is InChI=1S/C23H36FNO2/c24-16-18-5-13-22(14-6-18)27-23(26)21-11-9-20(10-12-21)19-7-3-17(4-8-19)2-1-15-25/h17-22H,1-14,16H2. The van der Waals surface area contributed by atoms with Crippen LogP contribution in [0.5, 0.6) is 0 Å². The highest BCUT2D eigenvalue weighted by Gasteiger charge is 2.34. The van der Waals surface area contributed by atoms with Crippen molar-refractivity contribution < 1.29 is 13.9 Å². The van der Waals surface area contributed by atoms with E-state index in [2.05, 4.69) is 6.07 Å². The zero-order valence-corrected chi connectivity index (χ0v) is 16.7. The second-order valence-corrected chi connectivity index (χ2v) is 9.32. The van der Waals surface area contributed by atoms with Crippen LogP contribution in [0.25, 0.3) is 0 Å². The van der Waals surface area contributed by atoms with Gasteiger partial charge in [-0.1, -0.05) is 12.8 Å². The van der Waals surface area contributed by atoms with Gasteiger partial charge in [0.2, 0.25) is 0 Å². The van der Waals surface area contributed by atoms with Gasteiger partial charge in [0.1, 0.15) is 6.10 Å². The molecule has 3 rings (SSSR count). The average molecular weight is 378 g/mol. The number of ether oxygens (including phenoxy) is 1. The van der Waals surface area contributed by atoms with Gasteiger partial charge in [-0.05, 0) is 94.3 Å². The summed E-state index contributed by atoms with van der Waals surface area (Å²) in [4.78, 5) is 12.5. The first-order valence-electron chi connectivity index (χ1n) is 11.3. The summed E-state index contributed by atoms with van der Waals surface area (Å²) in [5.41, 5.74) is 0. The first-order valence-corrected chi connectivity index (χ1v) is 11.3. The fraction of sp³-hybridized carbons (Fsp3) is 0.913. The lowest BCUT2D eigenvalue weighted by atomic mass is 9.69. The first-order chi connectivity index (χ1) is 13.2. The molecule has 0 amide bonds. The fourth-order valence-electron chi connectivity index (χ4n) is 5.71. The summed E-state index contributed by atoms with van der Waals surface area (Å²) in [5.74, 6) is 2.66. The molecule has 3 nitrogen and oxygen atoms in total. The predicted molar refractivity (Wildman–Crippen MR) is 104 cm³/mol. The number of hydrogen-bond donors (Lipinski definition) is 0. The maximum Gasteiger partial charge on any atom is 0.309 e. The van der Waals surface area contributed by atoms with Gasteiger partial charge in [-0.3, -0.25) is 9.18 Å². The lowest BCUT2D eigenvalue weighted by Gasteiger charge is -2.37. The number of rotatable bonds is 6. The third-order valence-electron chi connectivity index (χ3n) is 7.62. The number of carbonyl (C=O) groups is 1. The molecule has 0 spiro atoms. The number of hydrogen-bond acceptors (Lipinski definition) is 3. The zero-order valence-electron chi connectivity index (χ0n) is 16.7. The summed E-state index contributed by atoms with van der Waals surface area (Å²) in [7, 11) is 0. The number of nitrogens with zero attached hydrogens (tertiary/aromatic N) is 1. The Kier molecular flexibility index (Phi) is 7.97. The summed E-state index contributed by atoms with van der Waals surface area (Å²) >= 11 is 0. The Hall–Kier alpha value is -1.11. The number of esters is 1. The molecular formula is C23H36FNO2. The molecular weight excluding hydrogens is 341 g/mol. The minimum absolute atomic E-state index is 0.0114. The van der Waals surface area contributed by atoms with E-state index in [9.17, 15) is 9.18 Å². The minimum atomic E-state index is -0.231. The van der Waals surface area contributed by atoms with E-state index in [1.54, 1.807) is 0 Å². The van der Waals surface area contributed by atoms with Gasteiger partial charge in [0.15, 0.2) is 0 Å². The van der Waals surface area contributed by atoms with E-state index in [4.69, 9.17) is 10.00 Å². The Labute approximate surface area is 164 Å². The molecule has 0 aromatic heterocycles. The van der Waals surface area contributed by atoms with Crippen LogP contribution in [0, 0.1) is 40.9 Å². The van der Waals surface area contributed by atoms with Gasteiger partial charge in [0.05, 0.1) is 18.7 Å². The maximum atomic E-state index is 12.7. The van der Waals surface area contributed by atoms with Crippen LogP contribution >= 0.6 is 0 Å². The molecule has 0 bridgehead atoms. The predicted octanol–water partition coefficient (Wildman–Crippen LogP) is 5.97. The number of carbonyl (C=O) groups excluding carboxylic acids is 1. The zero-order chi connectivity index (χ0) is 19.1. The molecule has 3 fully saturated rings. The van der Waals surface area contributed by atoms with Crippen molar-refractivity contribution >= 4 is 5.97 Å². The van der Waals surface area contributed by atoms with Crippen LogP contribution in [0.1, 0.15) is 89.9 Å². The smallest absolute Gasteiger partial charge is 0.309 e. The van der Waals surface area contributed by atoms with Gasteiger partial charge in [-0.2, -0.15) is 5.26 Å². The average Bonchev–Trinajstić information content (AvgIpc) is 2.73. The van der Waals surface area contributed by atoms with Crippen molar-refractivity contribution in [3.05, 3.63) is 0 Å². The highest BCUT2D eigenvalue weighted by Crippen LogP contribution is 2.42. The second kappa shape index (κ2) is 10.4. The van der Waals surface area contributed by atoms with Crippen LogP contribution in [-0.4, -0.2) is 18.7 Å². The van der Waals surface area contributed by atoms with Crippen LogP contribution in [0.15, 0.2) is 0 Å². The van der Waals surface area contributed by atoms with Gasteiger partial charge in [0.25, 0.3) is 0 Å². The molecule has 0 radical (unpaired) electrons. The minimum Gasteiger partial charge on any atom is -0.462 e. The van der Waals surface area contributed by atoms with Gasteiger partial charge < -0.3 is 4.74 Å². The Bertz CT molecular complexity index is 493. The van der Waals surface area contributed by atoms with Crippen molar-refractivity contribution in [3.8, 4) is 6.07 Å². The van der Waals surface area contributed by atoms with Gasteiger partial charge in [-0.25, -0.2) is 0 Å². The van der Waals surface area contributed by atoms with E-state index in [1.165, 1.54) is 38.5 Å². The van der Waals surface area contributed by atoms with E-state index in [0.29, 0.717) is 6.42 Å². The van der Waals surface area contributed by atoms with Crippen LogP contribution < -0.4 is 0 Å². The molecule has 0 aromatic carbocycles. The molecule has 3 aliphatic rings. The molecule has 0 aromatic rings. The molecule has 0 N–H and O–H groups in total. The van der Waals surface area contributed by atoms with Crippen molar-refractivity contribution in [1.82, 2.24) is 0 Å². The maximum absolute atomic E-state index is 12.7. The molecule has 0 atom stereocenters. The Morgan fingerprint density at radius 1 is 0.852 bits per heavy atom. The molecule has 27 heavy (non-hydrogen) atoms. The van der Waals surface area contributed by atoms with Crippen LogP contribution in [0.4, 0.5) is 4.39 Å². The van der Waals surface area contributed by atoms with E-state index in [0.717, 1.165) is 62.7 Å². The van der Waals surface area contributed by atoms with Gasteiger partial charge >= 0.3 is 5.97 Å². The van der Waals surface area contributed by atoms with Crippen LogP contribution in [-0.2, 0) is 9.53 Å². The summed E-state index contributed by atoms with van der Waals surface area (Å²) in [5, 5.41) is 8.75. The fourth-order valence-corrected chi connectivity index (χ4v) is 5.71. The molecule has 3 saturated carbocycles. The molecule has 4 heteroatoms. The number of alkyl halides is 1. The topological polar surface area (TPSA) is 50.1 Å². The lowest BCUT2D eigenvalue weighted by molar-refractivity contribution is -0.157. The van der Waals surface area contributed by atoms with Crippen molar-refractivity contribution in [3.63, 3.8) is 0 Å². The molecule has 0 heterocycles. The third-order valence-corrected chi connectivity index (χ3v) is 7.62. The highest BCUT2D eigenvalue weighted by atomic mass is 19.1. The van der Waals surface area contributed by atoms with E-state index >= 15 is 0 Å². The number of halogens is 1. The summed E-state index contributed by atoms with van der Waals surface area (Å²) in [6, 6.07) is 2.28. The third kappa shape index (κ3) is 5.93. The lowest BCUT2D eigenvalue weighted by Crippen LogP contribution is -2.32. The van der Waals surface area contributed by atoms with Crippen molar-refractivity contribution in [2.24, 2.45) is 29.6 Å². The Morgan fingerprint density at radius 2 is 1.41 bits per heavy atom. The normalized spacial score (nSPS) is 37.3. The van der Waals surface area contributed by atoms with Crippen LogP contribution in [0.3, 0.4) is 0 Å². The van der Waals surface area contributed by atoms with Crippen molar-refractivity contribution in [2.75, 3.05) is 6.67 Å². The summed E-state index contributed by atoms with van der Waals surface area (Å²) in [6.07, 6.45) is 14.7.